The van der Waals surface area contributed by atoms with Crippen LogP contribution in [0.25, 0.3) is 11.0 Å². The highest BCUT2D eigenvalue weighted by atomic mass is 32.1. The Morgan fingerprint density at radius 2 is 1.85 bits per heavy atom. The smallest absolute Gasteiger partial charge is 0.121 e. The molecule has 138 valence electrons. The van der Waals surface area contributed by atoms with Gasteiger partial charge in [-0.3, -0.25) is 0 Å². The Morgan fingerprint density at radius 1 is 1.04 bits per heavy atom. The fourth-order valence-electron chi connectivity index (χ4n) is 3.04. The number of fused-ring (bicyclic) bond motifs is 1. The maximum absolute atomic E-state index is 4.77. The Bertz CT molecular complexity index is 959. The van der Waals surface area contributed by atoms with E-state index < -0.39 is 0 Å². The summed E-state index contributed by atoms with van der Waals surface area (Å²) < 4.78 is 0. The lowest BCUT2D eigenvalue weighted by Crippen LogP contribution is -2.18. The maximum Gasteiger partial charge on any atom is 0.121 e. The molecule has 4 rings (SSSR count). The molecule has 0 aliphatic carbocycles. The molecule has 2 heterocycles. The zero-order valence-corrected chi connectivity index (χ0v) is 16.2. The molecule has 2 aromatic heterocycles. The Kier molecular flexibility index (Phi) is 5.46. The average molecular weight is 378 g/mol. The van der Waals surface area contributed by atoms with Crippen molar-refractivity contribution in [3.63, 3.8) is 0 Å². The van der Waals surface area contributed by atoms with Crippen LogP contribution in [0.15, 0.2) is 60.0 Å². The molecule has 0 fully saturated rings. The normalized spacial score (nSPS) is 11.1. The average Bonchev–Trinajstić information content (AvgIpc) is 3.32. The first-order valence-electron chi connectivity index (χ1n) is 9.12. The molecular formula is C21H23N5S. The number of aromatic amines is 1. The second kappa shape index (κ2) is 8.33. The number of imidazole rings is 1. The van der Waals surface area contributed by atoms with Crippen LogP contribution in [0.4, 0.5) is 5.69 Å². The van der Waals surface area contributed by atoms with Crippen molar-refractivity contribution in [1.82, 2.24) is 20.3 Å². The molecule has 0 atom stereocenters. The minimum atomic E-state index is 0.740. The fourth-order valence-corrected chi connectivity index (χ4v) is 3.83. The molecular weight excluding hydrogens is 354 g/mol. The molecule has 0 aliphatic heterocycles. The van der Waals surface area contributed by atoms with Gasteiger partial charge in [-0.15, -0.1) is 11.3 Å². The minimum absolute atomic E-state index is 0.740. The molecule has 0 amide bonds. The molecule has 0 bridgehead atoms. The topological polar surface area (TPSA) is 56.8 Å². The summed E-state index contributed by atoms with van der Waals surface area (Å²) in [6.07, 6.45) is 0.931. The van der Waals surface area contributed by atoms with Gasteiger partial charge in [-0.2, -0.15) is 0 Å². The highest BCUT2D eigenvalue weighted by Gasteiger charge is 2.07. The van der Waals surface area contributed by atoms with Gasteiger partial charge < -0.3 is 15.2 Å². The van der Waals surface area contributed by atoms with Gasteiger partial charge in [-0.05, 0) is 24.3 Å². The first kappa shape index (κ1) is 17.7. The van der Waals surface area contributed by atoms with Crippen LogP contribution < -0.4 is 10.2 Å². The summed E-state index contributed by atoms with van der Waals surface area (Å²) >= 11 is 1.74. The fraction of sp³-hybridized carbons (Fsp3) is 0.238. The number of nitrogens with one attached hydrogen (secondary N) is 2. The molecule has 5 nitrogen and oxygen atoms in total. The van der Waals surface area contributed by atoms with E-state index in [1.807, 2.05) is 24.3 Å². The second-order valence-electron chi connectivity index (χ2n) is 6.55. The van der Waals surface area contributed by atoms with Crippen LogP contribution in [0, 0.1) is 0 Å². The van der Waals surface area contributed by atoms with Gasteiger partial charge in [0, 0.05) is 31.1 Å². The number of para-hydroxylation sites is 3. The van der Waals surface area contributed by atoms with Crippen molar-refractivity contribution >= 4 is 28.1 Å². The Balaban J connectivity index is 1.24. The summed E-state index contributed by atoms with van der Waals surface area (Å²) in [7, 11) is 2.10. The van der Waals surface area contributed by atoms with Gasteiger partial charge in [0.1, 0.15) is 5.82 Å². The highest BCUT2D eigenvalue weighted by Crippen LogP contribution is 2.17. The van der Waals surface area contributed by atoms with Crippen LogP contribution in [0.2, 0.25) is 0 Å². The monoisotopic (exact) mass is 377 g/mol. The van der Waals surface area contributed by atoms with E-state index in [2.05, 4.69) is 62.9 Å². The van der Waals surface area contributed by atoms with E-state index in [1.54, 1.807) is 11.3 Å². The number of benzene rings is 2. The van der Waals surface area contributed by atoms with E-state index in [0.717, 1.165) is 48.6 Å². The van der Waals surface area contributed by atoms with Gasteiger partial charge in [0.2, 0.25) is 0 Å². The third kappa shape index (κ3) is 4.53. The Morgan fingerprint density at radius 3 is 2.70 bits per heavy atom. The minimum Gasteiger partial charge on any atom is -0.369 e. The quantitative estimate of drug-likeness (QED) is 0.456. The predicted octanol–water partition coefficient (Wildman–Crippen LogP) is 3.99. The van der Waals surface area contributed by atoms with E-state index in [1.165, 1.54) is 10.7 Å². The summed E-state index contributed by atoms with van der Waals surface area (Å²) in [6, 6.07) is 18.5. The number of hydrogen-bond donors (Lipinski definition) is 2. The van der Waals surface area contributed by atoms with Gasteiger partial charge in [0.05, 0.1) is 34.8 Å². The lowest BCUT2D eigenvalue weighted by atomic mass is 10.3. The highest BCUT2D eigenvalue weighted by molar-refractivity contribution is 7.09. The van der Waals surface area contributed by atoms with Gasteiger partial charge in [-0.1, -0.05) is 30.3 Å². The number of hydrogen-bond acceptors (Lipinski definition) is 5. The van der Waals surface area contributed by atoms with E-state index in [4.69, 9.17) is 4.98 Å². The number of rotatable bonds is 8. The van der Waals surface area contributed by atoms with Gasteiger partial charge in [0.25, 0.3) is 0 Å². The Hall–Kier alpha value is -2.70. The van der Waals surface area contributed by atoms with Crippen LogP contribution in [-0.4, -0.2) is 28.5 Å². The van der Waals surface area contributed by atoms with Gasteiger partial charge in [0.15, 0.2) is 0 Å². The zero-order valence-electron chi connectivity index (χ0n) is 15.4. The molecule has 0 unspecified atom stereocenters. The summed E-state index contributed by atoms with van der Waals surface area (Å²) in [4.78, 5) is 14.9. The van der Waals surface area contributed by atoms with Crippen LogP contribution in [-0.2, 0) is 19.5 Å². The molecule has 0 radical (unpaired) electrons. The number of nitrogens with zero attached hydrogens (tertiary/aromatic N) is 3. The number of H-pyrrole nitrogens is 1. The van der Waals surface area contributed by atoms with Crippen LogP contribution in [0.3, 0.4) is 0 Å². The third-order valence-corrected chi connectivity index (χ3v) is 5.40. The van der Waals surface area contributed by atoms with E-state index in [0.29, 0.717) is 0 Å². The van der Waals surface area contributed by atoms with Crippen molar-refractivity contribution in [2.75, 3.05) is 18.5 Å². The summed E-state index contributed by atoms with van der Waals surface area (Å²) in [5.74, 6) is 0.973. The molecule has 0 saturated carbocycles. The summed E-state index contributed by atoms with van der Waals surface area (Å²) in [5, 5.41) is 6.78. The largest absolute Gasteiger partial charge is 0.369 e. The number of thiazole rings is 1. The van der Waals surface area contributed by atoms with Gasteiger partial charge in [-0.25, -0.2) is 9.97 Å². The van der Waals surface area contributed by atoms with Crippen molar-refractivity contribution in [2.45, 2.75) is 19.5 Å². The first-order valence-corrected chi connectivity index (χ1v) is 10.00. The number of aromatic nitrogens is 3. The Labute approximate surface area is 163 Å². The molecule has 2 N–H and O–H groups in total. The lowest BCUT2D eigenvalue weighted by molar-refractivity contribution is 0.664. The standard InChI is InChI=1S/C21H23N5S/c1-26(17-7-3-2-4-8-17)14-16-15-27-21(23-16)11-12-22-13-20-24-18-9-5-6-10-19(18)25-20/h2-10,15,22H,11-14H2,1H3,(H,24,25). The lowest BCUT2D eigenvalue weighted by Gasteiger charge is -2.17. The van der Waals surface area contributed by atoms with Crippen LogP contribution >= 0.6 is 11.3 Å². The van der Waals surface area contributed by atoms with Gasteiger partial charge >= 0.3 is 0 Å². The summed E-state index contributed by atoms with van der Waals surface area (Å²) in [6.45, 7) is 2.45. The SMILES string of the molecule is CN(Cc1csc(CCNCc2nc3ccccc3[nH]2)n1)c1ccccc1. The molecule has 0 spiro atoms. The van der Waals surface area contributed by atoms with Crippen molar-refractivity contribution in [2.24, 2.45) is 0 Å². The van der Waals surface area contributed by atoms with E-state index in [9.17, 15) is 0 Å². The van der Waals surface area contributed by atoms with Crippen molar-refractivity contribution in [3.05, 3.63) is 76.5 Å². The first-order chi connectivity index (χ1) is 13.3. The van der Waals surface area contributed by atoms with E-state index >= 15 is 0 Å². The third-order valence-electron chi connectivity index (χ3n) is 4.44. The van der Waals surface area contributed by atoms with Crippen molar-refractivity contribution in [3.8, 4) is 0 Å². The molecule has 0 saturated heterocycles. The molecule has 2 aromatic carbocycles. The molecule has 4 aromatic rings. The summed E-state index contributed by atoms with van der Waals surface area (Å²) in [5.41, 5.74) is 4.43. The van der Waals surface area contributed by atoms with E-state index in [-0.39, 0.29) is 0 Å². The second-order valence-corrected chi connectivity index (χ2v) is 7.49. The van der Waals surface area contributed by atoms with Crippen molar-refractivity contribution < 1.29 is 0 Å². The van der Waals surface area contributed by atoms with Crippen molar-refractivity contribution in [1.29, 1.82) is 0 Å². The van der Waals surface area contributed by atoms with Crippen LogP contribution in [0.5, 0.6) is 0 Å². The zero-order chi connectivity index (χ0) is 18.5. The molecule has 0 aliphatic rings. The number of anilines is 1. The molecule has 6 heteroatoms. The van der Waals surface area contributed by atoms with Crippen LogP contribution in [0.1, 0.15) is 16.5 Å². The predicted molar refractivity (Wildman–Crippen MR) is 112 cm³/mol. The molecule has 27 heavy (non-hydrogen) atoms. The maximum atomic E-state index is 4.77.